The fourth-order valence-electron chi connectivity index (χ4n) is 0.972. The summed E-state index contributed by atoms with van der Waals surface area (Å²) in [5, 5.41) is 2.56. The van der Waals surface area contributed by atoms with Crippen molar-refractivity contribution in [3.63, 3.8) is 0 Å². The molecule has 1 amide bonds. The zero-order valence-corrected chi connectivity index (χ0v) is 7.21. The normalized spacial score (nSPS) is 20.6. The van der Waals surface area contributed by atoms with Gasteiger partial charge in [0.15, 0.2) is 6.10 Å². The number of hydrogen-bond acceptors (Lipinski definition) is 3. The Kier molecular flexibility index (Phi) is 2.84. The number of hydrogen-bond donors (Lipinski definition) is 1. The van der Waals surface area contributed by atoms with Crippen molar-refractivity contribution in [3.05, 3.63) is 24.8 Å². The molecule has 1 saturated heterocycles. The molecule has 1 rings (SSSR count). The molecule has 1 N–H and O–H groups in total. The van der Waals surface area contributed by atoms with Crippen LogP contribution in [0.2, 0.25) is 0 Å². The van der Waals surface area contributed by atoms with Crippen LogP contribution >= 0.6 is 0 Å². The molecule has 70 valence electrons. The van der Waals surface area contributed by atoms with E-state index in [0.29, 0.717) is 13.0 Å². The highest BCUT2D eigenvalue weighted by molar-refractivity contribution is 5.93. The van der Waals surface area contributed by atoms with E-state index in [1.54, 1.807) is 0 Å². The van der Waals surface area contributed by atoms with E-state index in [4.69, 9.17) is 4.74 Å². The van der Waals surface area contributed by atoms with Crippen molar-refractivity contribution < 1.29 is 14.3 Å². The van der Waals surface area contributed by atoms with Crippen LogP contribution in [-0.4, -0.2) is 24.5 Å². The molecule has 1 heterocycles. The molecule has 0 aromatic rings. The van der Waals surface area contributed by atoms with Gasteiger partial charge in [-0.1, -0.05) is 19.2 Å². The van der Waals surface area contributed by atoms with Gasteiger partial charge in [-0.25, -0.2) is 4.79 Å². The van der Waals surface area contributed by atoms with E-state index < -0.39 is 12.1 Å². The molecule has 13 heavy (non-hydrogen) atoms. The number of nitrogens with one attached hydrogen (secondary N) is 1. The summed E-state index contributed by atoms with van der Waals surface area (Å²) in [6.07, 6.45) is 1.16. The average molecular weight is 181 g/mol. The lowest BCUT2D eigenvalue weighted by molar-refractivity contribution is -0.149. The van der Waals surface area contributed by atoms with Gasteiger partial charge in [-0.3, -0.25) is 4.79 Å². The molecule has 1 atom stereocenters. The topological polar surface area (TPSA) is 55.4 Å². The predicted molar refractivity (Wildman–Crippen MR) is 46.8 cm³/mol. The second-order valence-electron chi connectivity index (χ2n) is 2.70. The molecule has 1 unspecified atom stereocenters. The van der Waals surface area contributed by atoms with Gasteiger partial charge in [0.1, 0.15) is 0 Å². The van der Waals surface area contributed by atoms with Crippen LogP contribution in [0.25, 0.3) is 0 Å². The first-order valence-corrected chi connectivity index (χ1v) is 3.95. The van der Waals surface area contributed by atoms with Crippen molar-refractivity contribution in [1.82, 2.24) is 5.32 Å². The van der Waals surface area contributed by atoms with Crippen molar-refractivity contribution in [2.75, 3.05) is 6.54 Å². The third kappa shape index (κ3) is 2.18. The number of amides is 1. The highest BCUT2D eigenvalue weighted by Gasteiger charge is 2.27. The first-order valence-electron chi connectivity index (χ1n) is 3.95. The number of esters is 1. The molecule has 1 fully saturated rings. The first-order chi connectivity index (χ1) is 6.15. The Morgan fingerprint density at radius 1 is 1.69 bits per heavy atom. The van der Waals surface area contributed by atoms with Gasteiger partial charge in [0, 0.05) is 13.0 Å². The maximum absolute atomic E-state index is 11.1. The van der Waals surface area contributed by atoms with Crippen LogP contribution in [0.3, 0.4) is 0 Å². The van der Waals surface area contributed by atoms with Crippen molar-refractivity contribution in [2.45, 2.75) is 12.5 Å². The molecular weight excluding hydrogens is 170 g/mol. The molecule has 1 aliphatic rings. The quantitative estimate of drug-likeness (QED) is 0.383. The number of ether oxygens (including phenoxy) is 1. The maximum atomic E-state index is 11.1. The smallest absolute Gasteiger partial charge is 0.338 e. The van der Waals surface area contributed by atoms with Gasteiger partial charge >= 0.3 is 5.97 Å². The highest BCUT2D eigenvalue weighted by Crippen LogP contribution is 2.07. The van der Waals surface area contributed by atoms with Crippen molar-refractivity contribution in [3.8, 4) is 0 Å². The number of carbonyl (C=O) groups excluding carboxylic acids is 2. The zero-order chi connectivity index (χ0) is 9.84. The molecule has 0 spiro atoms. The minimum absolute atomic E-state index is 0.166. The van der Waals surface area contributed by atoms with Gasteiger partial charge in [-0.05, 0) is 0 Å². The van der Waals surface area contributed by atoms with Crippen LogP contribution < -0.4 is 5.32 Å². The Balaban J connectivity index is 2.48. The molecule has 0 aromatic heterocycles. The predicted octanol–water partition coefficient (Wildman–Crippen LogP) is 0.160. The van der Waals surface area contributed by atoms with Crippen LogP contribution in [0.1, 0.15) is 6.42 Å². The largest absolute Gasteiger partial charge is 0.449 e. The molecule has 0 aromatic carbocycles. The summed E-state index contributed by atoms with van der Waals surface area (Å²) in [6.45, 7) is 7.34. The van der Waals surface area contributed by atoms with E-state index in [2.05, 4.69) is 18.5 Å². The lowest BCUT2D eigenvalue weighted by atomic mass is 10.3. The summed E-state index contributed by atoms with van der Waals surface area (Å²) in [6, 6.07) is 0. The second-order valence-corrected chi connectivity index (χ2v) is 2.70. The van der Waals surface area contributed by atoms with E-state index in [1.165, 1.54) is 6.08 Å². The molecular formula is C9H11NO3. The SMILES string of the molecule is C=CC(=C)C(=O)OC1CCNC1=O. The minimum Gasteiger partial charge on any atom is -0.449 e. The van der Waals surface area contributed by atoms with Crippen LogP contribution in [0.4, 0.5) is 0 Å². The standard InChI is InChI=1S/C9H11NO3/c1-3-6(2)9(12)13-7-4-5-10-8(7)11/h3,7H,1-2,4-5H2,(H,10,11). The summed E-state index contributed by atoms with van der Waals surface area (Å²) in [5.74, 6) is -0.831. The van der Waals surface area contributed by atoms with E-state index in [-0.39, 0.29) is 11.5 Å². The van der Waals surface area contributed by atoms with Crippen molar-refractivity contribution >= 4 is 11.9 Å². The molecule has 4 nitrogen and oxygen atoms in total. The van der Waals surface area contributed by atoms with Crippen LogP contribution in [0.5, 0.6) is 0 Å². The van der Waals surface area contributed by atoms with Gasteiger partial charge in [-0.2, -0.15) is 0 Å². The Bertz CT molecular complexity index is 270. The Morgan fingerprint density at radius 3 is 2.85 bits per heavy atom. The molecule has 1 aliphatic heterocycles. The minimum atomic E-state index is -0.663. The van der Waals surface area contributed by atoms with E-state index in [9.17, 15) is 9.59 Å². The fraction of sp³-hybridized carbons (Fsp3) is 0.333. The lowest BCUT2D eigenvalue weighted by Gasteiger charge is -2.08. The van der Waals surface area contributed by atoms with Crippen molar-refractivity contribution in [1.29, 1.82) is 0 Å². The van der Waals surface area contributed by atoms with Gasteiger partial charge in [0.2, 0.25) is 0 Å². The van der Waals surface area contributed by atoms with Crippen LogP contribution in [-0.2, 0) is 14.3 Å². The fourth-order valence-corrected chi connectivity index (χ4v) is 0.972. The summed E-state index contributed by atoms with van der Waals surface area (Å²) < 4.78 is 4.85. The highest BCUT2D eigenvalue weighted by atomic mass is 16.5. The Hall–Kier alpha value is -1.58. The second kappa shape index (κ2) is 3.89. The van der Waals surface area contributed by atoms with E-state index in [1.807, 2.05) is 0 Å². The number of rotatable bonds is 3. The molecule has 4 heteroatoms. The van der Waals surface area contributed by atoms with E-state index in [0.717, 1.165) is 0 Å². The lowest BCUT2D eigenvalue weighted by Crippen LogP contribution is -2.27. The van der Waals surface area contributed by atoms with Gasteiger partial charge in [0.05, 0.1) is 5.57 Å². The molecule has 0 aliphatic carbocycles. The zero-order valence-electron chi connectivity index (χ0n) is 7.21. The van der Waals surface area contributed by atoms with Gasteiger partial charge in [0.25, 0.3) is 5.91 Å². The summed E-state index contributed by atoms with van der Waals surface area (Å²) in [4.78, 5) is 22.1. The van der Waals surface area contributed by atoms with E-state index >= 15 is 0 Å². The monoisotopic (exact) mass is 181 g/mol. The third-order valence-electron chi connectivity index (χ3n) is 1.76. The van der Waals surface area contributed by atoms with Gasteiger partial charge < -0.3 is 10.1 Å². The summed E-state index contributed by atoms with van der Waals surface area (Å²) >= 11 is 0. The van der Waals surface area contributed by atoms with Crippen LogP contribution in [0.15, 0.2) is 24.8 Å². The Morgan fingerprint density at radius 2 is 2.38 bits per heavy atom. The molecule has 0 bridgehead atoms. The van der Waals surface area contributed by atoms with Crippen LogP contribution in [0, 0.1) is 0 Å². The summed E-state index contributed by atoms with van der Waals surface area (Å²) in [5.41, 5.74) is 0.166. The average Bonchev–Trinajstić information content (AvgIpc) is 2.50. The maximum Gasteiger partial charge on any atom is 0.338 e. The van der Waals surface area contributed by atoms with Gasteiger partial charge in [-0.15, -0.1) is 0 Å². The summed E-state index contributed by atoms with van der Waals surface area (Å²) in [7, 11) is 0. The number of carbonyl (C=O) groups is 2. The molecule has 0 radical (unpaired) electrons. The third-order valence-corrected chi connectivity index (χ3v) is 1.76. The molecule has 0 saturated carbocycles. The van der Waals surface area contributed by atoms with Crippen molar-refractivity contribution in [2.24, 2.45) is 0 Å². The first kappa shape index (κ1) is 9.51. The Labute approximate surface area is 76.3 Å².